The van der Waals surface area contributed by atoms with Crippen LogP contribution in [0.1, 0.15) is 17.4 Å². The third-order valence-corrected chi connectivity index (χ3v) is 3.87. The first-order valence-corrected chi connectivity index (χ1v) is 6.48. The molecule has 2 aromatic rings. The maximum Gasteiger partial charge on any atom is 0.149 e. The standard InChI is InChI=1S/C12H7BrCl2FNO/c13-8-3-2-7(11(16)10(8)15)12(18)9-4-1-6(14)5-17-9/h1-5,12,18H. The van der Waals surface area contributed by atoms with Gasteiger partial charge >= 0.3 is 0 Å². The molecule has 1 aromatic heterocycles. The lowest BCUT2D eigenvalue weighted by Crippen LogP contribution is -2.05. The molecule has 0 saturated heterocycles. The third kappa shape index (κ3) is 2.67. The van der Waals surface area contributed by atoms with Gasteiger partial charge in [0.05, 0.1) is 15.7 Å². The molecule has 1 unspecified atom stereocenters. The van der Waals surface area contributed by atoms with Crippen LogP contribution in [-0.4, -0.2) is 10.1 Å². The van der Waals surface area contributed by atoms with E-state index in [-0.39, 0.29) is 10.6 Å². The molecular weight excluding hydrogens is 344 g/mol. The molecule has 2 nitrogen and oxygen atoms in total. The van der Waals surface area contributed by atoms with Gasteiger partial charge in [0.15, 0.2) is 0 Å². The number of hydrogen-bond acceptors (Lipinski definition) is 2. The quantitative estimate of drug-likeness (QED) is 0.816. The van der Waals surface area contributed by atoms with E-state index in [1.54, 1.807) is 12.1 Å². The van der Waals surface area contributed by atoms with E-state index in [1.807, 2.05) is 0 Å². The van der Waals surface area contributed by atoms with Crippen LogP contribution >= 0.6 is 39.1 Å². The van der Waals surface area contributed by atoms with E-state index in [0.717, 1.165) is 0 Å². The molecule has 1 aromatic carbocycles. The average Bonchev–Trinajstić information content (AvgIpc) is 2.36. The summed E-state index contributed by atoms with van der Waals surface area (Å²) in [5.41, 5.74) is 0.370. The molecule has 18 heavy (non-hydrogen) atoms. The van der Waals surface area contributed by atoms with Crippen LogP contribution < -0.4 is 0 Å². The average molecular weight is 351 g/mol. The van der Waals surface area contributed by atoms with Crippen molar-refractivity contribution in [1.82, 2.24) is 4.98 Å². The van der Waals surface area contributed by atoms with Crippen molar-refractivity contribution in [3.63, 3.8) is 0 Å². The van der Waals surface area contributed by atoms with Gasteiger partial charge in [-0.2, -0.15) is 0 Å². The minimum Gasteiger partial charge on any atom is -0.382 e. The Morgan fingerprint density at radius 1 is 1.22 bits per heavy atom. The van der Waals surface area contributed by atoms with Gasteiger partial charge in [-0.15, -0.1) is 0 Å². The number of hydrogen-bond donors (Lipinski definition) is 1. The van der Waals surface area contributed by atoms with Crippen LogP contribution in [0.25, 0.3) is 0 Å². The summed E-state index contributed by atoms with van der Waals surface area (Å²) in [5.74, 6) is -0.671. The molecule has 0 aliphatic carbocycles. The number of aliphatic hydroxyl groups is 1. The van der Waals surface area contributed by atoms with Crippen LogP contribution in [0.5, 0.6) is 0 Å². The molecule has 1 N–H and O–H groups in total. The smallest absolute Gasteiger partial charge is 0.149 e. The zero-order chi connectivity index (χ0) is 13.3. The molecule has 6 heteroatoms. The second-order valence-electron chi connectivity index (χ2n) is 3.57. The van der Waals surface area contributed by atoms with E-state index in [4.69, 9.17) is 23.2 Å². The van der Waals surface area contributed by atoms with Crippen molar-refractivity contribution in [3.8, 4) is 0 Å². The summed E-state index contributed by atoms with van der Waals surface area (Å²) in [6, 6.07) is 6.13. The van der Waals surface area contributed by atoms with Gasteiger partial charge in [0.25, 0.3) is 0 Å². The van der Waals surface area contributed by atoms with Crippen molar-refractivity contribution >= 4 is 39.1 Å². The fourth-order valence-electron chi connectivity index (χ4n) is 1.46. The van der Waals surface area contributed by atoms with E-state index in [9.17, 15) is 9.50 Å². The largest absolute Gasteiger partial charge is 0.382 e. The van der Waals surface area contributed by atoms with Crippen LogP contribution in [0, 0.1) is 5.82 Å². The summed E-state index contributed by atoms with van der Waals surface area (Å²) >= 11 is 14.6. The first-order chi connectivity index (χ1) is 8.50. The van der Waals surface area contributed by atoms with Gasteiger partial charge in [0, 0.05) is 16.2 Å². The molecule has 0 saturated carbocycles. The topological polar surface area (TPSA) is 33.1 Å². The predicted octanol–water partition coefficient (Wildman–Crippen LogP) is 4.37. The first-order valence-electron chi connectivity index (χ1n) is 4.93. The molecule has 0 bridgehead atoms. The molecule has 0 radical (unpaired) electrons. The maximum atomic E-state index is 13.9. The van der Waals surface area contributed by atoms with E-state index < -0.39 is 11.9 Å². The van der Waals surface area contributed by atoms with Crippen molar-refractivity contribution in [3.05, 3.63) is 62.1 Å². The molecule has 0 aliphatic heterocycles. The highest BCUT2D eigenvalue weighted by Crippen LogP contribution is 2.32. The van der Waals surface area contributed by atoms with Crippen LogP contribution in [0.4, 0.5) is 4.39 Å². The Hall–Kier alpha value is -0.680. The second-order valence-corrected chi connectivity index (χ2v) is 5.24. The lowest BCUT2D eigenvalue weighted by Gasteiger charge is -2.12. The summed E-state index contributed by atoms with van der Waals surface area (Å²) in [4.78, 5) is 3.94. The Balaban J connectivity index is 2.43. The lowest BCUT2D eigenvalue weighted by atomic mass is 10.1. The number of aromatic nitrogens is 1. The van der Waals surface area contributed by atoms with Gasteiger partial charge in [0.2, 0.25) is 0 Å². The van der Waals surface area contributed by atoms with Crippen molar-refractivity contribution in [2.24, 2.45) is 0 Å². The van der Waals surface area contributed by atoms with Crippen LogP contribution in [-0.2, 0) is 0 Å². The number of halogens is 4. The van der Waals surface area contributed by atoms with Crippen molar-refractivity contribution in [1.29, 1.82) is 0 Å². The summed E-state index contributed by atoms with van der Waals surface area (Å²) in [5, 5.41) is 10.4. The fourth-order valence-corrected chi connectivity index (χ4v) is 2.05. The Morgan fingerprint density at radius 2 is 1.94 bits per heavy atom. The summed E-state index contributed by atoms with van der Waals surface area (Å²) < 4.78 is 14.3. The van der Waals surface area contributed by atoms with Crippen LogP contribution in [0.2, 0.25) is 10.0 Å². The maximum absolute atomic E-state index is 13.9. The highest BCUT2D eigenvalue weighted by atomic mass is 79.9. The monoisotopic (exact) mass is 349 g/mol. The van der Waals surface area contributed by atoms with Crippen molar-refractivity contribution in [2.75, 3.05) is 0 Å². The summed E-state index contributed by atoms with van der Waals surface area (Å²) in [6.45, 7) is 0. The molecule has 1 heterocycles. The summed E-state index contributed by atoms with van der Waals surface area (Å²) in [7, 11) is 0. The van der Waals surface area contributed by atoms with Crippen LogP contribution in [0.15, 0.2) is 34.9 Å². The number of aliphatic hydroxyl groups excluding tert-OH is 1. The minimum absolute atomic E-state index is 0.0676. The van der Waals surface area contributed by atoms with Gasteiger partial charge in [-0.1, -0.05) is 29.3 Å². The zero-order valence-corrected chi connectivity index (χ0v) is 12.0. The van der Waals surface area contributed by atoms with Gasteiger partial charge in [-0.25, -0.2) is 4.39 Å². The number of pyridine rings is 1. The van der Waals surface area contributed by atoms with Gasteiger partial charge in [0.1, 0.15) is 11.9 Å². The Morgan fingerprint density at radius 3 is 2.56 bits per heavy atom. The van der Waals surface area contributed by atoms with E-state index >= 15 is 0 Å². The number of benzene rings is 1. The highest BCUT2D eigenvalue weighted by molar-refractivity contribution is 9.10. The number of nitrogens with zero attached hydrogens (tertiary/aromatic N) is 1. The predicted molar refractivity (Wildman–Crippen MR) is 72.4 cm³/mol. The van der Waals surface area contributed by atoms with Gasteiger partial charge < -0.3 is 5.11 Å². The van der Waals surface area contributed by atoms with Gasteiger partial charge in [-0.05, 0) is 34.1 Å². The van der Waals surface area contributed by atoms with Crippen molar-refractivity contribution < 1.29 is 9.50 Å². The first kappa shape index (κ1) is 13.7. The molecule has 2 rings (SSSR count). The Labute approximate surface area is 122 Å². The molecule has 0 fully saturated rings. The minimum atomic E-state index is -1.19. The number of rotatable bonds is 2. The highest BCUT2D eigenvalue weighted by Gasteiger charge is 2.19. The van der Waals surface area contributed by atoms with Gasteiger partial charge in [-0.3, -0.25) is 4.98 Å². The van der Waals surface area contributed by atoms with E-state index in [1.165, 1.54) is 18.3 Å². The normalized spacial score (nSPS) is 12.5. The second kappa shape index (κ2) is 5.53. The fraction of sp³-hybridized carbons (Fsp3) is 0.0833. The molecule has 94 valence electrons. The molecule has 1 atom stereocenters. The molecular formula is C12H7BrCl2FNO. The lowest BCUT2D eigenvalue weighted by molar-refractivity contribution is 0.210. The van der Waals surface area contributed by atoms with Crippen molar-refractivity contribution in [2.45, 2.75) is 6.10 Å². The third-order valence-electron chi connectivity index (χ3n) is 2.39. The van der Waals surface area contributed by atoms with E-state index in [0.29, 0.717) is 15.2 Å². The Bertz CT molecular complexity index is 577. The Kier molecular flexibility index (Phi) is 4.22. The van der Waals surface area contributed by atoms with E-state index in [2.05, 4.69) is 20.9 Å². The SMILES string of the molecule is OC(c1ccc(Cl)cn1)c1ccc(Br)c(Cl)c1F. The molecule has 0 aliphatic rings. The summed E-state index contributed by atoms with van der Waals surface area (Å²) in [6.07, 6.45) is 0.200. The zero-order valence-electron chi connectivity index (χ0n) is 8.87. The molecule has 0 spiro atoms. The molecule has 0 amide bonds. The van der Waals surface area contributed by atoms with Crippen LogP contribution in [0.3, 0.4) is 0 Å².